The lowest BCUT2D eigenvalue weighted by Crippen LogP contribution is -2.24. The summed E-state index contributed by atoms with van der Waals surface area (Å²) in [6.45, 7) is 5.87. The minimum absolute atomic E-state index is 0. The van der Waals surface area contributed by atoms with Crippen LogP contribution in [0.2, 0.25) is 0 Å². The van der Waals surface area contributed by atoms with Gasteiger partial charge in [-0.3, -0.25) is 0 Å². The summed E-state index contributed by atoms with van der Waals surface area (Å²) in [4.78, 5) is 2.29. The third-order valence-corrected chi connectivity index (χ3v) is 6.55. The van der Waals surface area contributed by atoms with Crippen LogP contribution < -0.4 is 0 Å². The van der Waals surface area contributed by atoms with Gasteiger partial charge in [0, 0.05) is 4.75 Å². The predicted molar refractivity (Wildman–Crippen MR) is 109 cm³/mol. The van der Waals surface area contributed by atoms with E-state index in [2.05, 4.69) is 99.2 Å². The molecule has 130 valence electrons. The van der Waals surface area contributed by atoms with E-state index in [0.29, 0.717) is 0 Å². The first-order chi connectivity index (χ1) is 11.0. The smallest absolute Gasteiger partial charge is 0.0669 e. The number of rotatable bonds is 5. The van der Waals surface area contributed by atoms with Crippen LogP contribution in [0.25, 0.3) is 0 Å². The van der Waals surface area contributed by atoms with Crippen molar-refractivity contribution in [1.29, 1.82) is 0 Å². The van der Waals surface area contributed by atoms with Crippen molar-refractivity contribution in [3.05, 3.63) is 71.3 Å². The Morgan fingerprint density at radius 3 is 2.08 bits per heavy atom. The van der Waals surface area contributed by atoms with E-state index in [1.165, 1.54) is 29.5 Å². The molecule has 0 fully saturated rings. The first-order valence-electron chi connectivity index (χ1n) is 8.46. The summed E-state index contributed by atoms with van der Waals surface area (Å²) in [5, 5.41) is 0. The van der Waals surface area contributed by atoms with Gasteiger partial charge in [-0.15, -0.1) is 24.2 Å². The van der Waals surface area contributed by atoms with Crippen molar-refractivity contribution in [2.45, 2.75) is 36.2 Å². The van der Waals surface area contributed by atoms with Gasteiger partial charge < -0.3 is 4.90 Å². The molecule has 1 nitrogen and oxygen atoms in total. The molecule has 0 saturated carbocycles. The van der Waals surface area contributed by atoms with Crippen molar-refractivity contribution in [3.8, 4) is 0 Å². The maximum atomic E-state index is 2.37. The molecule has 2 aromatic rings. The van der Waals surface area contributed by atoms with Crippen LogP contribution in [0.1, 0.15) is 43.4 Å². The van der Waals surface area contributed by atoms with Crippen LogP contribution in [0.3, 0.4) is 0 Å². The molecule has 3 rings (SSSR count). The van der Waals surface area contributed by atoms with Crippen molar-refractivity contribution < 1.29 is 0 Å². The van der Waals surface area contributed by atoms with Gasteiger partial charge in [0.2, 0.25) is 0 Å². The van der Waals surface area contributed by atoms with E-state index in [-0.39, 0.29) is 21.9 Å². The van der Waals surface area contributed by atoms with E-state index in [0.717, 1.165) is 6.54 Å². The highest BCUT2D eigenvalue weighted by Crippen LogP contribution is 2.62. The van der Waals surface area contributed by atoms with E-state index >= 15 is 0 Å². The maximum absolute atomic E-state index is 2.37. The Morgan fingerprint density at radius 1 is 0.875 bits per heavy atom. The highest BCUT2D eigenvalue weighted by atomic mass is 35.5. The van der Waals surface area contributed by atoms with Crippen molar-refractivity contribution >= 4 is 24.2 Å². The van der Waals surface area contributed by atoms with Gasteiger partial charge in [-0.05, 0) is 64.0 Å². The molecule has 24 heavy (non-hydrogen) atoms. The number of fused-ring (bicyclic) bond motifs is 1. The van der Waals surface area contributed by atoms with Crippen molar-refractivity contribution in [2.75, 3.05) is 20.6 Å². The molecule has 1 atom stereocenters. The lowest BCUT2D eigenvalue weighted by molar-refractivity contribution is 0.386. The Labute approximate surface area is 157 Å². The summed E-state index contributed by atoms with van der Waals surface area (Å²) >= 11 is 2.13. The normalized spacial score (nSPS) is 21.4. The molecule has 1 aliphatic rings. The van der Waals surface area contributed by atoms with Gasteiger partial charge in [-0.2, -0.15) is 0 Å². The summed E-state index contributed by atoms with van der Waals surface area (Å²) in [5.41, 5.74) is 4.46. The van der Waals surface area contributed by atoms with Gasteiger partial charge in [0.25, 0.3) is 0 Å². The SMILES string of the molecule is CN(C)CCCC1(c2ccccc2)SC(C)(C)c2ccccc21.Cl. The Hall–Kier alpha value is -0.960. The molecule has 1 unspecified atom stereocenters. The van der Waals surface area contributed by atoms with Crippen molar-refractivity contribution in [1.82, 2.24) is 4.90 Å². The second-order valence-electron chi connectivity index (χ2n) is 7.26. The fourth-order valence-electron chi connectivity index (χ4n) is 3.80. The lowest BCUT2D eigenvalue weighted by Gasteiger charge is -2.33. The molecule has 3 heteroatoms. The third-order valence-electron chi connectivity index (χ3n) is 4.81. The van der Waals surface area contributed by atoms with Gasteiger partial charge in [-0.1, -0.05) is 54.6 Å². The third kappa shape index (κ3) is 3.51. The van der Waals surface area contributed by atoms with E-state index in [1.54, 1.807) is 0 Å². The number of benzene rings is 2. The molecule has 0 saturated heterocycles. The highest BCUT2D eigenvalue weighted by Gasteiger charge is 2.48. The van der Waals surface area contributed by atoms with Gasteiger partial charge in [0.05, 0.1) is 4.75 Å². The van der Waals surface area contributed by atoms with Crippen molar-refractivity contribution in [3.63, 3.8) is 0 Å². The summed E-state index contributed by atoms with van der Waals surface area (Å²) < 4.78 is 0.238. The van der Waals surface area contributed by atoms with Crippen LogP contribution in [-0.4, -0.2) is 25.5 Å². The molecule has 2 aromatic carbocycles. The Kier molecular flexibility index (Phi) is 6.06. The minimum atomic E-state index is 0. The minimum Gasteiger partial charge on any atom is -0.309 e. The molecular weight excluding hydrogens is 334 g/mol. The van der Waals surface area contributed by atoms with Crippen LogP contribution >= 0.6 is 24.2 Å². The number of thioether (sulfide) groups is 1. The molecule has 0 radical (unpaired) electrons. The summed E-state index contributed by atoms with van der Waals surface area (Å²) in [7, 11) is 4.32. The fourth-order valence-corrected chi connectivity index (χ4v) is 5.75. The monoisotopic (exact) mass is 361 g/mol. The molecule has 1 heterocycles. The fraction of sp³-hybridized carbons (Fsp3) is 0.429. The Balaban J connectivity index is 0.00000208. The number of nitrogens with zero attached hydrogens (tertiary/aromatic N) is 1. The number of halogens is 1. The number of hydrogen-bond donors (Lipinski definition) is 0. The van der Waals surface area contributed by atoms with E-state index in [1.807, 2.05) is 0 Å². The maximum Gasteiger partial charge on any atom is 0.0669 e. The topological polar surface area (TPSA) is 3.24 Å². The molecule has 0 bridgehead atoms. The Morgan fingerprint density at radius 2 is 1.46 bits per heavy atom. The largest absolute Gasteiger partial charge is 0.309 e. The van der Waals surface area contributed by atoms with E-state index in [9.17, 15) is 0 Å². The summed E-state index contributed by atoms with van der Waals surface area (Å²) in [6.07, 6.45) is 2.39. The zero-order valence-electron chi connectivity index (χ0n) is 15.1. The predicted octanol–water partition coefficient (Wildman–Crippen LogP) is 5.68. The zero-order valence-corrected chi connectivity index (χ0v) is 16.7. The van der Waals surface area contributed by atoms with Crippen LogP contribution in [0, 0.1) is 0 Å². The van der Waals surface area contributed by atoms with Gasteiger partial charge >= 0.3 is 0 Å². The number of hydrogen-bond acceptors (Lipinski definition) is 2. The first kappa shape index (κ1) is 19.4. The molecule has 1 aliphatic heterocycles. The van der Waals surface area contributed by atoms with Crippen LogP contribution in [0.15, 0.2) is 54.6 Å². The molecular formula is C21H28ClNS. The second kappa shape index (κ2) is 7.51. The quantitative estimate of drug-likeness (QED) is 0.674. The highest BCUT2D eigenvalue weighted by molar-refractivity contribution is 8.01. The molecule has 0 spiro atoms. The molecule has 0 aromatic heterocycles. The first-order valence-corrected chi connectivity index (χ1v) is 9.28. The van der Waals surface area contributed by atoms with Crippen LogP contribution in [0.5, 0.6) is 0 Å². The van der Waals surface area contributed by atoms with Crippen LogP contribution in [0.4, 0.5) is 0 Å². The van der Waals surface area contributed by atoms with Crippen LogP contribution in [-0.2, 0) is 9.49 Å². The average molecular weight is 362 g/mol. The van der Waals surface area contributed by atoms with Gasteiger partial charge in [0.15, 0.2) is 0 Å². The standard InChI is InChI=1S/C21H27NS.ClH/c1-20(2)18-13-8-9-14-19(18)21(23-20,15-10-16-22(3)4)17-11-6-5-7-12-17;/h5-9,11-14H,10,15-16H2,1-4H3;1H. The lowest BCUT2D eigenvalue weighted by atomic mass is 9.82. The second-order valence-corrected chi connectivity index (χ2v) is 9.18. The zero-order chi connectivity index (χ0) is 16.5. The molecule has 0 N–H and O–H groups in total. The average Bonchev–Trinajstić information content (AvgIpc) is 2.77. The Bertz CT molecular complexity index is 669. The van der Waals surface area contributed by atoms with E-state index < -0.39 is 0 Å². The summed E-state index contributed by atoms with van der Waals surface area (Å²) in [6, 6.07) is 20.1. The molecule has 0 aliphatic carbocycles. The molecule has 0 amide bonds. The van der Waals surface area contributed by atoms with Gasteiger partial charge in [-0.25, -0.2) is 0 Å². The summed E-state index contributed by atoms with van der Waals surface area (Å²) in [5.74, 6) is 0. The van der Waals surface area contributed by atoms with Gasteiger partial charge in [0.1, 0.15) is 0 Å². The van der Waals surface area contributed by atoms with Crippen molar-refractivity contribution in [2.24, 2.45) is 0 Å². The van der Waals surface area contributed by atoms with E-state index in [4.69, 9.17) is 0 Å².